The van der Waals surface area contributed by atoms with E-state index in [1.165, 1.54) is 37.4 Å². The fraction of sp³-hybridized carbons (Fsp3) is 0.438. The Morgan fingerprint density at radius 3 is 2.82 bits per heavy atom. The number of H-pyrrole nitrogens is 1. The number of para-hydroxylation sites is 1. The fourth-order valence-electron chi connectivity index (χ4n) is 2.77. The van der Waals surface area contributed by atoms with Crippen molar-refractivity contribution in [2.24, 2.45) is 5.92 Å². The van der Waals surface area contributed by atoms with Gasteiger partial charge in [-0.2, -0.15) is 0 Å². The van der Waals surface area contributed by atoms with Gasteiger partial charge in [0.25, 0.3) is 0 Å². The predicted molar refractivity (Wildman–Crippen MR) is 87.8 cm³/mol. The molecule has 1 aliphatic rings. The van der Waals surface area contributed by atoms with Gasteiger partial charge in [0.2, 0.25) is 11.1 Å². The van der Waals surface area contributed by atoms with E-state index in [1.54, 1.807) is 0 Å². The molecule has 1 aromatic heterocycles. The highest BCUT2D eigenvalue weighted by molar-refractivity contribution is 7.99. The van der Waals surface area contributed by atoms with E-state index in [2.05, 4.69) is 20.5 Å². The number of carbonyl (C=O) groups is 1. The molecule has 116 valence electrons. The molecular formula is C16H20N4OS. The van der Waals surface area contributed by atoms with Crippen LogP contribution in [0.25, 0.3) is 0 Å². The highest BCUT2D eigenvalue weighted by Gasteiger charge is 2.17. The molecule has 0 saturated heterocycles. The lowest BCUT2D eigenvalue weighted by atomic mass is 10.0. The maximum absolute atomic E-state index is 11.9. The second kappa shape index (κ2) is 7.45. The molecule has 1 heterocycles. The Hall–Kier alpha value is -1.82. The van der Waals surface area contributed by atoms with Crippen molar-refractivity contribution < 1.29 is 4.79 Å². The van der Waals surface area contributed by atoms with E-state index >= 15 is 0 Å². The highest BCUT2D eigenvalue weighted by atomic mass is 32.2. The van der Waals surface area contributed by atoms with Gasteiger partial charge >= 0.3 is 0 Å². The largest absolute Gasteiger partial charge is 0.325 e. The number of rotatable bonds is 6. The van der Waals surface area contributed by atoms with Crippen molar-refractivity contribution in [3.63, 3.8) is 0 Å². The summed E-state index contributed by atoms with van der Waals surface area (Å²) in [5.41, 5.74) is 0.810. The average molecular weight is 316 g/mol. The maximum atomic E-state index is 11.9. The van der Waals surface area contributed by atoms with Crippen LogP contribution in [0.3, 0.4) is 0 Å². The van der Waals surface area contributed by atoms with Gasteiger partial charge in [-0.25, -0.2) is 4.98 Å². The van der Waals surface area contributed by atoms with E-state index < -0.39 is 0 Å². The summed E-state index contributed by atoms with van der Waals surface area (Å²) in [6, 6.07) is 9.45. The molecule has 1 aliphatic carbocycles. The van der Waals surface area contributed by atoms with E-state index in [0.717, 1.165) is 23.9 Å². The van der Waals surface area contributed by atoms with Crippen LogP contribution in [0.4, 0.5) is 5.69 Å². The summed E-state index contributed by atoms with van der Waals surface area (Å²) >= 11 is 1.36. The van der Waals surface area contributed by atoms with Crippen LogP contribution in [0, 0.1) is 5.92 Å². The number of hydrogen-bond donors (Lipinski definition) is 2. The van der Waals surface area contributed by atoms with Gasteiger partial charge in [-0.1, -0.05) is 55.6 Å². The minimum atomic E-state index is -0.0432. The van der Waals surface area contributed by atoms with Crippen molar-refractivity contribution in [2.45, 2.75) is 37.3 Å². The zero-order chi connectivity index (χ0) is 15.2. The molecule has 0 radical (unpaired) electrons. The molecule has 5 nitrogen and oxygen atoms in total. The standard InChI is InChI=1S/C16H20N4OS/c21-15(17-13-8-2-1-3-9-13)11-22-16-18-14(19-20-16)10-12-6-4-5-7-12/h1-3,8-9,12H,4-7,10-11H2,(H,17,21)(H,18,19,20). The Morgan fingerprint density at radius 2 is 2.05 bits per heavy atom. The molecule has 3 rings (SSSR count). The molecule has 1 aromatic carbocycles. The second-order valence-electron chi connectivity index (χ2n) is 5.62. The number of amides is 1. The Labute approximate surface area is 134 Å². The molecule has 0 bridgehead atoms. The van der Waals surface area contributed by atoms with Crippen LogP contribution in [0.2, 0.25) is 0 Å². The minimum absolute atomic E-state index is 0.0432. The summed E-state index contributed by atoms with van der Waals surface area (Å²) in [5, 5.41) is 10.7. The highest BCUT2D eigenvalue weighted by Crippen LogP contribution is 2.27. The lowest BCUT2D eigenvalue weighted by molar-refractivity contribution is -0.113. The van der Waals surface area contributed by atoms with Crippen LogP contribution >= 0.6 is 11.8 Å². The zero-order valence-corrected chi connectivity index (χ0v) is 13.2. The number of benzene rings is 1. The smallest absolute Gasteiger partial charge is 0.234 e. The number of thioether (sulfide) groups is 1. The van der Waals surface area contributed by atoms with Crippen molar-refractivity contribution in [2.75, 3.05) is 11.1 Å². The quantitative estimate of drug-likeness (QED) is 0.802. The Morgan fingerprint density at radius 1 is 1.27 bits per heavy atom. The molecule has 0 spiro atoms. The van der Waals surface area contributed by atoms with Crippen LogP contribution in [0.15, 0.2) is 35.5 Å². The Kier molecular flexibility index (Phi) is 5.11. The summed E-state index contributed by atoms with van der Waals surface area (Å²) in [4.78, 5) is 16.3. The summed E-state index contributed by atoms with van der Waals surface area (Å²) in [5.74, 6) is 1.96. The molecule has 22 heavy (non-hydrogen) atoms. The van der Waals surface area contributed by atoms with Gasteiger partial charge in [-0.15, -0.1) is 5.10 Å². The van der Waals surface area contributed by atoms with E-state index in [-0.39, 0.29) is 5.91 Å². The minimum Gasteiger partial charge on any atom is -0.325 e. The van der Waals surface area contributed by atoms with E-state index in [4.69, 9.17) is 0 Å². The SMILES string of the molecule is O=C(CSc1n[nH]c(CC2CCCC2)n1)Nc1ccccc1. The summed E-state index contributed by atoms with van der Waals surface area (Å²) in [6.45, 7) is 0. The number of hydrogen-bond acceptors (Lipinski definition) is 4. The van der Waals surface area contributed by atoms with Crippen molar-refractivity contribution >= 4 is 23.4 Å². The normalized spacial score (nSPS) is 15.1. The molecule has 1 fully saturated rings. The Bertz CT molecular complexity index is 608. The number of nitrogens with one attached hydrogen (secondary N) is 2. The van der Waals surface area contributed by atoms with Crippen LogP contribution in [-0.2, 0) is 11.2 Å². The monoisotopic (exact) mass is 316 g/mol. The molecule has 0 atom stereocenters. The fourth-order valence-corrected chi connectivity index (χ4v) is 3.39. The van der Waals surface area contributed by atoms with Crippen molar-refractivity contribution in [1.29, 1.82) is 0 Å². The predicted octanol–water partition coefficient (Wildman–Crippen LogP) is 3.27. The summed E-state index contributed by atoms with van der Waals surface area (Å²) < 4.78 is 0. The molecule has 1 amide bonds. The molecule has 2 aromatic rings. The van der Waals surface area contributed by atoms with E-state index in [9.17, 15) is 4.79 Å². The van der Waals surface area contributed by atoms with Gasteiger partial charge in [-0.3, -0.25) is 9.89 Å². The van der Waals surface area contributed by atoms with Gasteiger partial charge in [-0.05, 0) is 18.1 Å². The topological polar surface area (TPSA) is 70.7 Å². The third-order valence-corrected chi connectivity index (χ3v) is 4.71. The lowest BCUT2D eigenvalue weighted by Crippen LogP contribution is -2.13. The van der Waals surface area contributed by atoms with Gasteiger partial charge in [0.05, 0.1) is 5.75 Å². The Balaban J connectivity index is 1.45. The third-order valence-electron chi connectivity index (χ3n) is 3.86. The number of aromatic nitrogens is 3. The number of carbonyl (C=O) groups excluding carboxylic acids is 1. The third kappa shape index (κ3) is 4.34. The van der Waals surface area contributed by atoms with Crippen LogP contribution in [0.1, 0.15) is 31.5 Å². The van der Waals surface area contributed by atoms with Gasteiger partial charge in [0, 0.05) is 12.1 Å². The zero-order valence-electron chi connectivity index (χ0n) is 12.4. The van der Waals surface area contributed by atoms with E-state index in [1.807, 2.05) is 30.3 Å². The van der Waals surface area contributed by atoms with E-state index in [0.29, 0.717) is 10.9 Å². The summed E-state index contributed by atoms with van der Waals surface area (Å²) in [7, 11) is 0. The summed E-state index contributed by atoms with van der Waals surface area (Å²) in [6.07, 6.45) is 6.23. The first-order valence-electron chi connectivity index (χ1n) is 7.68. The lowest BCUT2D eigenvalue weighted by Gasteiger charge is -2.04. The first-order chi connectivity index (χ1) is 10.8. The van der Waals surface area contributed by atoms with Crippen LogP contribution in [0.5, 0.6) is 0 Å². The average Bonchev–Trinajstić information content (AvgIpc) is 3.19. The molecular weight excluding hydrogens is 296 g/mol. The van der Waals surface area contributed by atoms with Gasteiger partial charge < -0.3 is 5.32 Å². The number of aromatic amines is 1. The molecule has 6 heteroatoms. The molecule has 2 N–H and O–H groups in total. The molecule has 0 unspecified atom stereocenters. The van der Waals surface area contributed by atoms with Crippen molar-refractivity contribution in [3.8, 4) is 0 Å². The maximum Gasteiger partial charge on any atom is 0.234 e. The first-order valence-corrected chi connectivity index (χ1v) is 8.67. The van der Waals surface area contributed by atoms with Crippen molar-refractivity contribution in [3.05, 3.63) is 36.2 Å². The number of anilines is 1. The molecule has 1 saturated carbocycles. The first kappa shape index (κ1) is 15.1. The van der Waals surface area contributed by atoms with Crippen LogP contribution in [-0.4, -0.2) is 26.8 Å². The van der Waals surface area contributed by atoms with Gasteiger partial charge in [0.15, 0.2) is 0 Å². The van der Waals surface area contributed by atoms with Gasteiger partial charge in [0.1, 0.15) is 5.82 Å². The molecule has 0 aliphatic heterocycles. The van der Waals surface area contributed by atoms with Crippen molar-refractivity contribution in [1.82, 2.24) is 15.2 Å². The van der Waals surface area contributed by atoms with Crippen LogP contribution < -0.4 is 5.32 Å². The number of nitrogens with zero attached hydrogens (tertiary/aromatic N) is 2. The second-order valence-corrected chi connectivity index (χ2v) is 6.56.